The summed E-state index contributed by atoms with van der Waals surface area (Å²) in [6.07, 6.45) is 7.85. The largest absolute Gasteiger partial charge is 0.497 e. The second-order valence-corrected chi connectivity index (χ2v) is 4.07. The lowest BCUT2D eigenvalue weighted by Gasteiger charge is -2.29. The zero-order chi connectivity index (χ0) is 11.3. The number of ether oxygens (including phenoxy) is 1. The number of rotatable bonds is 5. The number of hydrogen-bond acceptors (Lipinski definition) is 2. The number of likely N-dealkylation sites (N-methyl/N-ethyl adjacent to an activating group) is 1. The molecule has 86 valence electrons. The third kappa shape index (κ3) is 3.10. The standard InChI is InChI=1S/C13H23NO/c1-5-13(14(3)6-2)11-8-7-9-12(10-11)15-4/h9-10,13H,5-8H2,1-4H3. The molecule has 0 amide bonds. The molecular weight excluding hydrogens is 186 g/mol. The van der Waals surface area contributed by atoms with E-state index < -0.39 is 0 Å². The number of nitrogens with zero attached hydrogens (tertiary/aromatic N) is 1. The van der Waals surface area contributed by atoms with Crippen molar-refractivity contribution in [3.05, 3.63) is 23.5 Å². The Morgan fingerprint density at radius 3 is 2.73 bits per heavy atom. The van der Waals surface area contributed by atoms with E-state index in [1.807, 2.05) is 0 Å². The lowest BCUT2D eigenvalue weighted by Crippen LogP contribution is -2.33. The topological polar surface area (TPSA) is 12.5 Å². The SMILES string of the molecule is CCC(C1=CC(OC)=CCC1)N(C)CC. The van der Waals surface area contributed by atoms with E-state index in [1.165, 1.54) is 18.4 Å². The monoisotopic (exact) mass is 209 g/mol. The molecule has 2 heteroatoms. The van der Waals surface area contributed by atoms with Gasteiger partial charge in [-0.15, -0.1) is 0 Å². The summed E-state index contributed by atoms with van der Waals surface area (Å²) in [5.41, 5.74) is 1.52. The molecule has 0 aromatic carbocycles. The molecule has 0 saturated heterocycles. The summed E-state index contributed by atoms with van der Waals surface area (Å²) >= 11 is 0. The van der Waals surface area contributed by atoms with Gasteiger partial charge in [0.05, 0.1) is 7.11 Å². The summed E-state index contributed by atoms with van der Waals surface area (Å²) in [6, 6.07) is 0.578. The zero-order valence-corrected chi connectivity index (χ0v) is 10.4. The lowest BCUT2D eigenvalue weighted by molar-refractivity contribution is 0.267. The van der Waals surface area contributed by atoms with Crippen LogP contribution in [0.5, 0.6) is 0 Å². The minimum absolute atomic E-state index is 0.578. The third-order valence-electron chi connectivity index (χ3n) is 3.19. The molecule has 1 unspecified atom stereocenters. The van der Waals surface area contributed by atoms with Crippen molar-refractivity contribution >= 4 is 0 Å². The van der Waals surface area contributed by atoms with Gasteiger partial charge in [0.15, 0.2) is 0 Å². The van der Waals surface area contributed by atoms with Crippen molar-refractivity contribution in [2.75, 3.05) is 20.7 Å². The van der Waals surface area contributed by atoms with Crippen LogP contribution in [-0.2, 0) is 4.74 Å². The van der Waals surface area contributed by atoms with Crippen LogP contribution in [0.15, 0.2) is 23.5 Å². The Hall–Kier alpha value is -0.760. The molecule has 0 spiro atoms. The first-order valence-electron chi connectivity index (χ1n) is 5.87. The van der Waals surface area contributed by atoms with E-state index in [2.05, 4.69) is 37.9 Å². The molecule has 0 bridgehead atoms. The van der Waals surface area contributed by atoms with Crippen molar-refractivity contribution in [1.82, 2.24) is 4.90 Å². The molecule has 0 aliphatic heterocycles. The van der Waals surface area contributed by atoms with Crippen molar-refractivity contribution in [3.63, 3.8) is 0 Å². The van der Waals surface area contributed by atoms with Crippen LogP contribution in [0.3, 0.4) is 0 Å². The number of hydrogen-bond donors (Lipinski definition) is 0. The molecular formula is C13H23NO. The number of allylic oxidation sites excluding steroid dienone is 2. The van der Waals surface area contributed by atoms with Gasteiger partial charge in [-0.1, -0.05) is 13.8 Å². The maximum absolute atomic E-state index is 5.30. The van der Waals surface area contributed by atoms with Crippen molar-refractivity contribution in [2.24, 2.45) is 0 Å². The summed E-state index contributed by atoms with van der Waals surface area (Å²) in [6.45, 7) is 5.56. The zero-order valence-electron chi connectivity index (χ0n) is 10.4. The van der Waals surface area contributed by atoms with E-state index in [4.69, 9.17) is 4.74 Å². The van der Waals surface area contributed by atoms with E-state index in [0.29, 0.717) is 6.04 Å². The summed E-state index contributed by atoms with van der Waals surface area (Å²) in [5, 5.41) is 0. The molecule has 2 nitrogen and oxygen atoms in total. The molecule has 0 fully saturated rings. The van der Waals surface area contributed by atoms with E-state index >= 15 is 0 Å². The van der Waals surface area contributed by atoms with Crippen LogP contribution in [0.25, 0.3) is 0 Å². The van der Waals surface area contributed by atoms with Gasteiger partial charge in [-0.25, -0.2) is 0 Å². The van der Waals surface area contributed by atoms with E-state index in [1.54, 1.807) is 7.11 Å². The second-order valence-electron chi connectivity index (χ2n) is 4.07. The van der Waals surface area contributed by atoms with Crippen LogP contribution in [0.1, 0.15) is 33.1 Å². The first-order valence-corrected chi connectivity index (χ1v) is 5.87. The molecule has 1 atom stereocenters. The Kier molecular flexibility index (Phi) is 4.89. The van der Waals surface area contributed by atoms with E-state index in [-0.39, 0.29) is 0 Å². The highest BCUT2D eigenvalue weighted by atomic mass is 16.5. The van der Waals surface area contributed by atoms with Gasteiger partial charge in [0.1, 0.15) is 5.76 Å². The predicted octanol–water partition coefficient (Wildman–Crippen LogP) is 2.97. The first kappa shape index (κ1) is 12.3. The van der Waals surface area contributed by atoms with Crippen LogP contribution in [0, 0.1) is 0 Å². The van der Waals surface area contributed by atoms with Crippen molar-refractivity contribution in [2.45, 2.75) is 39.2 Å². The first-order chi connectivity index (χ1) is 7.22. The Morgan fingerprint density at radius 1 is 1.47 bits per heavy atom. The highest BCUT2D eigenvalue weighted by molar-refractivity contribution is 5.27. The summed E-state index contributed by atoms with van der Waals surface area (Å²) in [4.78, 5) is 2.41. The Morgan fingerprint density at radius 2 is 2.20 bits per heavy atom. The highest BCUT2D eigenvalue weighted by Crippen LogP contribution is 2.24. The molecule has 1 aliphatic rings. The van der Waals surface area contributed by atoms with Crippen LogP contribution in [-0.4, -0.2) is 31.6 Å². The minimum Gasteiger partial charge on any atom is -0.497 e. The molecule has 15 heavy (non-hydrogen) atoms. The molecule has 0 N–H and O–H groups in total. The normalized spacial score (nSPS) is 18.5. The molecule has 0 aromatic rings. The summed E-state index contributed by atoms with van der Waals surface area (Å²) < 4.78 is 5.30. The molecule has 0 heterocycles. The molecule has 0 saturated carbocycles. The maximum atomic E-state index is 5.30. The summed E-state index contributed by atoms with van der Waals surface area (Å²) in [7, 11) is 3.94. The van der Waals surface area contributed by atoms with Gasteiger partial charge in [-0.3, -0.25) is 4.90 Å². The van der Waals surface area contributed by atoms with Crippen molar-refractivity contribution < 1.29 is 4.74 Å². The average molecular weight is 209 g/mol. The van der Waals surface area contributed by atoms with Gasteiger partial charge in [-0.05, 0) is 50.6 Å². The van der Waals surface area contributed by atoms with Gasteiger partial charge in [0.2, 0.25) is 0 Å². The second kappa shape index (κ2) is 5.96. The van der Waals surface area contributed by atoms with Crippen LogP contribution < -0.4 is 0 Å². The van der Waals surface area contributed by atoms with Crippen molar-refractivity contribution in [3.8, 4) is 0 Å². The molecule has 1 aliphatic carbocycles. The van der Waals surface area contributed by atoms with Crippen LogP contribution >= 0.6 is 0 Å². The van der Waals surface area contributed by atoms with Gasteiger partial charge < -0.3 is 4.74 Å². The number of methoxy groups -OCH3 is 1. The Balaban J connectivity index is 2.76. The summed E-state index contributed by atoms with van der Waals surface area (Å²) in [5.74, 6) is 1.03. The van der Waals surface area contributed by atoms with Gasteiger partial charge in [0.25, 0.3) is 0 Å². The Labute approximate surface area is 93.6 Å². The quantitative estimate of drug-likeness (QED) is 0.690. The van der Waals surface area contributed by atoms with Crippen molar-refractivity contribution in [1.29, 1.82) is 0 Å². The fraction of sp³-hybridized carbons (Fsp3) is 0.692. The van der Waals surface area contributed by atoms with Gasteiger partial charge in [0, 0.05) is 6.04 Å². The van der Waals surface area contributed by atoms with Gasteiger partial charge in [-0.2, -0.15) is 0 Å². The fourth-order valence-corrected chi connectivity index (χ4v) is 2.18. The predicted molar refractivity (Wildman–Crippen MR) is 64.8 cm³/mol. The van der Waals surface area contributed by atoms with Gasteiger partial charge >= 0.3 is 0 Å². The van der Waals surface area contributed by atoms with E-state index in [9.17, 15) is 0 Å². The molecule has 1 rings (SSSR count). The molecule has 0 aromatic heterocycles. The van der Waals surface area contributed by atoms with Crippen LogP contribution in [0.2, 0.25) is 0 Å². The third-order valence-corrected chi connectivity index (χ3v) is 3.19. The minimum atomic E-state index is 0.578. The van der Waals surface area contributed by atoms with Crippen LogP contribution in [0.4, 0.5) is 0 Å². The average Bonchev–Trinajstić information content (AvgIpc) is 2.30. The molecule has 0 radical (unpaired) electrons. The van der Waals surface area contributed by atoms with E-state index in [0.717, 1.165) is 18.7 Å². The lowest BCUT2D eigenvalue weighted by atomic mass is 9.94. The Bertz CT molecular complexity index is 255. The highest BCUT2D eigenvalue weighted by Gasteiger charge is 2.18. The maximum Gasteiger partial charge on any atom is 0.114 e. The fourth-order valence-electron chi connectivity index (χ4n) is 2.18. The smallest absolute Gasteiger partial charge is 0.114 e.